The number of aliphatic hydroxyl groups excluding tert-OH is 1. The van der Waals surface area contributed by atoms with E-state index in [1.54, 1.807) is 11.8 Å². The molecule has 20 heavy (non-hydrogen) atoms. The number of rotatable bonds is 6. The largest absolute Gasteiger partial charge is 0.396 e. The fourth-order valence-electron chi connectivity index (χ4n) is 3.07. The van der Waals surface area contributed by atoms with E-state index in [-0.39, 0.29) is 5.41 Å². The molecule has 3 heteroatoms. The molecular formula is C17H27NOS. The number of nitrogens with one attached hydrogen (secondary N) is 1. The molecule has 0 heterocycles. The first-order valence-corrected chi connectivity index (χ1v) is 8.90. The highest BCUT2D eigenvalue weighted by Crippen LogP contribution is 2.35. The first-order chi connectivity index (χ1) is 9.69. The van der Waals surface area contributed by atoms with Crippen LogP contribution < -0.4 is 5.32 Å². The summed E-state index contributed by atoms with van der Waals surface area (Å²) in [5.74, 6) is 0. The molecule has 1 fully saturated rings. The van der Waals surface area contributed by atoms with Crippen molar-refractivity contribution in [3.05, 3.63) is 29.8 Å². The van der Waals surface area contributed by atoms with Gasteiger partial charge in [-0.05, 0) is 43.7 Å². The van der Waals surface area contributed by atoms with Crippen LogP contribution in [0.25, 0.3) is 0 Å². The second-order valence-corrected chi connectivity index (χ2v) is 6.97. The monoisotopic (exact) mass is 293 g/mol. The zero-order valence-electron chi connectivity index (χ0n) is 12.7. The van der Waals surface area contributed by atoms with E-state index in [4.69, 9.17) is 0 Å². The lowest BCUT2D eigenvalue weighted by Crippen LogP contribution is -2.39. The molecule has 1 aromatic carbocycles. The Morgan fingerprint density at radius 2 is 1.85 bits per heavy atom. The van der Waals surface area contributed by atoms with Gasteiger partial charge in [-0.15, -0.1) is 11.8 Å². The highest BCUT2D eigenvalue weighted by molar-refractivity contribution is 7.98. The minimum absolute atomic E-state index is 0.117. The topological polar surface area (TPSA) is 32.3 Å². The van der Waals surface area contributed by atoms with Crippen molar-refractivity contribution in [2.24, 2.45) is 5.41 Å². The Morgan fingerprint density at radius 1 is 1.20 bits per heavy atom. The van der Waals surface area contributed by atoms with E-state index in [1.165, 1.54) is 29.7 Å². The van der Waals surface area contributed by atoms with E-state index in [2.05, 4.69) is 42.8 Å². The van der Waals surface area contributed by atoms with E-state index in [0.717, 1.165) is 19.4 Å². The molecule has 1 unspecified atom stereocenters. The van der Waals surface area contributed by atoms with Gasteiger partial charge in [0.05, 0.1) is 0 Å². The Labute approximate surface area is 127 Å². The Kier molecular flexibility index (Phi) is 5.94. The predicted molar refractivity (Wildman–Crippen MR) is 87.2 cm³/mol. The van der Waals surface area contributed by atoms with E-state index < -0.39 is 0 Å². The molecule has 0 amide bonds. The summed E-state index contributed by atoms with van der Waals surface area (Å²) in [6.45, 7) is 3.45. The van der Waals surface area contributed by atoms with Crippen LogP contribution in [0.4, 0.5) is 0 Å². The van der Waals surface area contributed by atoms with Crippen molar-refractivity contribution in [2.75, 3.05) is 19.4 Å². The van der Waals surface area contributed by atoms with Crippen molar-refractivity contribution in [1.29, 1.82) is 0 Å². The molecule has 1 saturated carbocycles. The van der Waals surface area contributed by atoms with Gasteiger partial charge in [-0.25, -0.2) is 0 Å². The van der Waals surface area contributed by atoms with Crippen molar-refractivity contribution in [1.82, 2.24) is 5.32 Å². The predicted octanol–water partition coefficient (Wildman–Crippen LogP) is 4.00. The van der Waals surface area contributed by atoms with Crippen molar-refractivity contribution in [2.45, 2.75) is 50.0 Å². The SMILES string of the molecule is CSc1ccc(C(C)NCC2(CO)CCCCC2)cc1. The quantitative estimate of drug-likeness (QED) is 0.778. The normalized spacial score (nSPS) is 19.8. The number of hydrogen-bond acceptors (Lipinski definition) is 3. The van der Waals surface area contributed by atoms with Gasteiger partial charge in [-0.1, -0.05) is 31.4 Å². The van der Waals surface area contributed by atoms with Crippen LogP contribution in [-0.4, -0.2) is 24.5 Å². The minimum atomic E-state index is 0.117. The molecule has 1 aliphatic rings. The lowest BCUT2D eigenvalue weighted by atomic mass is 9.74. The molecule has 1 atom stereocenters. The molecule has 2 rings (SSSR count). The maximum Gasteiger partial charge on any atom is 0.0499 e. The van der Waals surface area contributed by atoms with E-state index in [0.29, 0.717) is 12.6 Å². The van der Waals surface area contributed by atoms with Crippen LogP contribution >= 0.6 is 11.8 Å². The Balaban J connectivity index is 1.91. The van der Waals surface area contributed by atoms with Gasteiger partial charge in [0, 0.05) is 29.5 Å². The molecule has 2 nitrogen and oxygen atoms in total. The fourth-order valence-corrected chi connectivity index (χ4v) is 3.48. The van der Waals surface area contributed by atoms with Crippen LogP contribution in [0.3, 0.4) is 0 Å². The van der Waals surface area contributed by atoms with Crippen molar-refractivity contribution in [3.63, 3.8) is 0 Å². The first kappa shape index (κ1) is 15.9. The lowest BCUT2D eigenvalue weighted by Gasteiger charge is -2.36. The molecular weight excluding hydrogens is 266 g/mol. The summed E-state index contributed by atoms with van der Waals surface area (Å²) in [6, 6.07) is 9.11. The smallest absolute Gasteiger partial charge is 0.0499 e. The zero-order chi connectivity index (χ0) is 14.4. The molecule has 0 radical (unpaired) electrons. The molecule has 0 spiro atoms. The summed E-state index contributed by atoms with van der Waals surface area (Å²) in [5.41, 5.74) is 1.44. The van der Waals surface area contributed by atoms with Crippen molar-refractivity contribution >= 4 is 11.8 Å². The average molecular weight is 293 g/mol. The lowest BCUT2D eigenvalue weighted by molar-refractivity contribution is 0.0789. The van der Waals surface area contributed by atoms with Gasteiger partial charge in [0.2, 0.25) is 0 Å². The molecule has 0 aromatic heterocycles. The van der Waals surface area contributed by atoms with E-state index >= 15 is 0 Å². The molecule has 1 aliphatic carbocycles. The van der Waals surface area contributed by atoms with Crippen LogP contribution in [0.15, 0.2) is 29.2 Å². The molecule has 0 aliphatic heterocycles. The maximum absolute atomic E-state index is 9.75. The van der Waals surface area contributed by atoms with Gasteiger partial charge in [-0.3, -0.25) is 0 Å². The first-order valence-electron chi connectivity index (χ1n) is 7.67. The summed E-state index contributed by atoms with van der Waals surface area (Å²) in [5, 5.41) is 13.4. The number of thioether (sulfide) groups is 1. The fraction of sp³-hybridized carbons (Fsp3) is 0.647. The third kappa shape index (κ3) is 4.00. The second kappa shape index (κ2) is 7.48. The molecule has 112 valence electrons. The Hall–Kier alpha value is -0.510. The minimum Gasteiger partial charge on any atom is -0.396 e. The van der Waals surface area contributed by atoms with Gasteiger partial charge >= 0.3 is 0 Å². The summed E-state index contributed by atoms with van der Waals surface area (Å²) >= 11 is 1.77. The average Bonchev–Trinajstić information content (AvgIpc) is 2.53. The van der Waals surface area contributed by atoms with Crippen LogP contribution in [0, 0.1) is 5.41 Å². The van der Waals surface area contributed by atoms with Crippen LogP contribution in [-0.2, 0) is 0 Å². The molecule has 2 N–H and O–H groups in total. The third-order valence-corrected chi connectivity index (χ3v) is 5.39. The van der Waals surface area contributed by atoms with Gasteiger partial charge in [0.25, 0.3) is 0 Å². The summed E-state index contributed by atoms with van der Waals surface area (Å²) in [6.07, 6.45) is 8.28. The second-order valence-electron chi connectivity index (χ2n) is 6.09. The Bertz CT molecular complexity index is 398. The number of aliphatic hydroxyl groups is 1. The van der Waals surface area contributed by atoms with E-state index in [1.807, 2.05) is 0 Å². The number of benzene rings is 1. The molecule has 1 aromatic rings. The molecule has 0 saturated heterocycles. The van der Waals surface area contributed by atoms with Crippen molar-refractivity contribution < 1.29 is 5.11 Å². The van der Waals surface area contributed by atoms with Gasteiger partial charge in [0.15, 0.2) is 0 Å². The standard InChI is InChI=1S/C17H27NOS/c1-14(15-6-8-16(20-2)9-7-15)18-12-17(13-19)10-4-3-5-11-17/h6-9,14,18-19H,3-5,10-13H2,1-2H3. The summed E-state index contributed by atoms with van der Waals surface area (Å²) in [7, 11) is 0. The summed E-state index contributed by atoms with van der Waals surface area (Å²) < 4.78 is 0. The van der Waals surface area contributed by atoms with Crippen LogP contribution in [0.1, 0.15) is 50.6 Å². The van der Waals surface area contributed by atoms with Gasteiger partial charge in [0.1, 0.15) is 0 Å². The van der Waals surface area contributed by atoms with Gasteiger partial charge < -0.3 is 10.4 Å². The highest BCUT2D eigenvalue weighted by Gasteiger charge is 2.31. The number of hydrogen-bond donors (Lipinski definition) is 2. The third-order valence-electron chi connectivity index (χ3n) is 4.65. The van der Waals surface area contributed by atoms with Crippen molar-refractivity contribution in [3.8, 4) is 0 Å². The van der Waals surface area contributed by atoms with E-state index in [9.17, 15) is 5.11 Å². The molecule has 0 bridgehead atoms. The Morgan fingerprint density at radius 3 is 2.40 bits per heavy atom. The summed E-state index contributed by atoms with van der Waals surface area (Å²) in [4.78, 5) is 1.31. The maximum atomic E-state index is 9.75. The van der Waals surface area contributed by atoms with Crippen LogP contribution in [0.5, 0.6) is 0 Å². The van der Waals surface area contributed by atoms with Crippen LogP contribution in [0.2, 0.25) is 0 Å². The zero-order valence-corrected chi connectivity index (χ0v) is 13.5. The highest BCUT2D eigenvalue weighted by atomic mass is 32.2. The van der Waals surface area contributed by atoms with Gasteiger partial charge in [-0.2, -0.15) is 0 Å².